The number of rotatable bonds is 9. The van der Waals surface area contributed by atoms with E-state index in [9.17, 15) is 9.59 Å². The first kappa shape index (κ1) is 20.6. The quantitative estimate of drug-likeness (QED) is 0.706. The van der Waals surface area contributed by atoms with Gasteiger partial charge in [0.2, 0.25) is 0 Å². The van der Waals surface area contributed by atoms with Gasteiger partial charge in [-0.2, -0.15) is 0 Å². The fraction of sp³-hybridized carbons (Fsp3) is 0.364. The Hall–Kier alpha value is -2.66. The van der Waals surface area contributed by atoms with Crippen LogP contribution in [0.15, 0.2) is 54.6 Å². The summed E-state index contributed by atoms with van der Waals surface area (Å²) in [6, 6.07) is 18.0. The van der Waals surface area contributed by atoms with Gasteiger partial charge in [0.15, 0.2) is 13.1 Å². The lowest BCUT2D eigenvalue weighted by Crippen LogP contribution is -3.11. The third-order valence-corrected chi connectivity index (χ3v) is 4.56. The van der Waals surface area contributed by atoms with Gasteiger partial charge in [0.1, 0.15) is 0 Å². The second-order valence-electron chi connectivity index (χ2n) is 6.74. The van der Waals surface area contributed by atoms with Crippen LogP contribution in [0.25, 0.3) is 0 Å². The van der Waals surface area contributed by atoms with Crippen LogP contribution >= 0.6 is 0 Å². The lowest BCUT2D eigenvalue weighted by molar-refractivity contribution is -0.862. The zero-order valence-electron chi connectivity index (χ0n) is 16.5. The molecule has 5 nitrogen and oxygen atoms in total. The second-order valence-corrected chi connectivity index (χ2v) is 6.74. The van der Waals surface area contributed by atoms with Crippen molar-refractivity contribution in [1.82, 2.24) is 4.90 Å². The Kier molecular flexibility index (Phi) is 8.01. The minimum atomic E-state index is -0.0830. The van der Waals surface area contributed by atoms with E-state index in [-0.39, 0.29) is 18.4 Å². The van der Waals surface area contributed by atoms with Crippen LogP contribution in [0.4, 0.5) is 5.69 Å². The van der Waals surface area contributed by atoms with E-state index in [0.29, 0.717) is 19.6 Å². The molecule has 0 aromatic heterocycles. The summed E-state index contributed by atoms with van der Waals surface area (Å²) in [6.45, 7) is 5.90. The maximum absolute atomic E-state index is 12.5. The van der Waals surface area contributed by atoms with Gasteiger partial charge in [-0.15, -0.1) is 0 Å². The highest BCUT2D eigenvalue weighted by Gasteiger charge is 2.18. The standard InChI is InChI=1S/C22H29N3O2/c1-4-25(5-2)22(27)17-24(3)16-21(26)23-20-14-10-9-13-19(20)15-18-11-7-6-8-12-18/h6-14H,4-5,15-17H2,1-3H3,(H,23,26)/p+1. The number of benzene rings is 2. The van der Waals surface area contributed by atoms with Crippen molar-refractivity contribution in [2.75, 3.05) is 38.5 Å². The third kappa shape index (κ3) is 6.53. The summed E-state index contributed by atoms with van der Waals surface area (Å²) in [7, 11) is 1.87. The fourth-order valence-corrected chi connectivity index (χ4v) is 3.09. The summed E-state index contributed by atoms with van der Waals surface area (Å²) < 4.78 is 0. The number of para-hydroxylation sites is 1. The molecule has 0 heterocycles. The SMILES string of the molecule is CCN(CC)C(=O)C[NH+](C)CC(=O)Nc1ccccc1Cc1ccccc1. The third-order valence-electron chi connectivity index (χ3n) is 4.56. The summed E-state index contributed by atoms with van der Waals surface area (Å²) in [5, 5.41) is 3.01. The number of anilines is 1. The second kappa shape index (κ2) is 10.5. The molecule has 5 heteroatoms. The van der Waals surface area contributed by atoms with E-state index in [0.717, 1.165) is 22.6 Å². The van der Waals surface area contributed by atoms with Crippen LogP contribution in [0.1, 0.15) is 25.0 Å². The van der Waals surface area contributed by atoms with Crippen molar-refractivity contribution in [2.24, 2.45) is 0 Å². The lowest BCUT2D eigenvalue weighted by Gasteiger charge is -2.21. The molecule has 2 rings (SSSR count). The Bertz CT molecular complexity index is 742. The predicted octanol–water partition coefficient (Wildman–Crippen LogP) is 1.60. The first-order chi connectivity index (χ1) is 13.0. The van der Waals surface area contributed by atoms with Crippen molar-refractivity contribution in [3.63, 3.8) is 0 Å². The van der Waals surface area contributed by atoms with Gasteiger partial charge in [-0.1, -0.05) is 48.5 Å². The fourth-order valence-electron chi connectivity index (χ4n) is 3.09. The molecule has 27 heavy (non-hydrogen) atoms. The van der Waals surface area contributed by atoms with Gasteiger partial charge < -0.3 is 15.1 Å². The lowest BCUT2D eigenvalue weighted by atomic mass is 10.0. The van der Waals surface area contributed by atoms with Crippen LogP contribution in [0.5, 0.6) is 0 Å². The minimum Gasteiger partial charge on any atom is -0.338 e. The highest BCUT2D eigenvalue weighted by atomic mass is 16.2. The number of quaternary nitrogens is 1. The smallest absolute Gasteiger partial charge is 0.279 e. The molecule has 0 radical (unpaired) electrons. The van der Waals surface area contributed by atoms with Crippen LogP contribution in [0, 0.1) is 0 Å². The summed E-state index contributed by atoms with van der Waals surface area (Å²) in [5.41, 5.74) is 3.11. The molecule has 2 amide bonds. The van der Waals surface area contributed by atoms with E-state index < -0.39 is 0 Å². The maximum Gasteiger partial charge on any atom is 0.279 e. The van der Waals surface area contributed by atoms with E-state index >= 15 is 0 Å². The molecule has 2 aromatic rings. The van der Waals surface area contributed by atoms with E-state index in [4.69, 9.17) is 0 Å². The van der Waals surface area contributed by atoms with Crippen LogP contribution in [0.2, 0.25) is 0 Å². The van der Waals surface area contributed by atoms with Gasteiger partial charge in [0.25, 0.3) is 11.8 Å². The van der Waals surface area contributed by atoms with Gasteiger partial charge in [-0.3, -0.25) is 9.59 Å². The number of hydrogen-bond acceptors (Lipinski definition) is 2. The summed E-state index contributed by atoms with van der Waals surface area (Å²) in [4.78, 5) is 27.3. The van der Waals surface area contributed by atoms with Crippen LogP contribution in [0.3, 0.4) is 0 Å². The van der Waals surface area contributed by atoms with Gasteiger partial charge in [0.05, 0.1) is 7.05 Å². The van der Waals surface area contributed by atoms with Crippen molar-refractivity contribution in [3.05, 3.63) is 65.7 Å². The number of hydrogen-bond donors (Lipinski definition) is 2. The molecule has 1 atom stereocenters. The molecule has 0 saturated heterocycles. The first-order valence-corrected chi connectivity index (χ1v) is 9.54. The molecule has 0 aliphatic heterocycles. The number of carbonyl (C=O) groups excluding carboxylic acids is 2. The Morgan fingerprint density at radius 3 is 2.22 bits per heavy atom. The average Bonchev–Trinajstić information content (AvgIpc) is 2.65. The summed E-state index contributed by atoms with van der Waals surface area (Å²) in [6.07, 6.45) is 0.764. The molecule has 2 aromatic carbocycles. The monoisotopic (exact) mass is 368 g/mol. The van der Waals surface area contributed by atoms with Crippen molar-refractivity contribution < 1.29 is 14.5 Å². The molecule has 0 spiro atoms. The van der Waals surface area contributed by atoms with E-state index in [2.05, 4.69) is 17.4 Å². The van der Waals surface area contributed by atoms with E-state index in [1.54, 1.807) is 4.90 Å². The molecule has 0 bridgehead atoms. The molecule has 0 saturated carbocycles. The first-order valence-electron chi connectivity index (χ1n) is 9.54. The molecule has 2 N–H and O–H groups in total. The molecule has 144 valence electrons. The van der Waals surface area contributed by atoms with Crippen LogP contribution in [-0.2, 0) is 16.0 Å². The summed E-state index contributed by atoms with van der Waals surface area (Å²) in [5.74, 6) is -0.00450. The topological polar surface area (TPSA) is 53.9 Å². The highest BCUT2D eigenvalue weighted by molar-refractivity contribution is 5.92. The molecular weight excluding hydrogens is 338 g/mol. The van der Waals surface area contributed by atoms with Gasteiger partial charge >= 0.3 is 0 Å². The number of nitrogens with one attached hydrogen (secondary N) is 2. The zero-order valence-corrected chi connectivity index (χ0v) is 16.5. The van der Waals surface area contributed by atoms with Crippen LogP contribution < -0.4 is 10.2 Å². The van der Waals surface area contributed by atoms with Crippen molar-refractivity contribution in [2.45, 2.75) is 20.3 Å². The highest BCUT2D eigenvalue weighted by Crippen LogP contribution is 2.18. The largest absolute Gasteiger partial charge is 0.338 e. The number of carbonyl (C=O) groups is 2. The Labute approximate surface area is 162 Å². The zero-order chi connectivity index (χ0) is 19.6. The molecule has 0 aliphatic rings. The van der Waals surface area contributed by atoms with Crippen LogP contribution in [-0.4, -0.2) is 49.9 Å². The Morgan fingerprint density at radius 2 is 1.56 bits per heavy atom. The van der Waals surface area contributed by atoms with E-state index in [1.165, 1.54) is 5.56 Å². The predicted molar refractivity (Wildman–Crippen MR) is 109 cm³/mol. The number of likely N-dealkylation sites (N-methyl/N-ethyl adjacent to an activating group) is 2. The number of amides is 2. The van der Waals surface area contributed by atoms with Gasteiger partial charge in [-0.05, 0) is 37.5 Å². The molecule has 0 fully saturated rings. The average molecular weight is 369 g/mol. The Balaban J connectivity index is 1.95. The normalized spacial score (nSPS) is 11.7. The minimum absolute atomic E-state index is 0.0785. The molecule has 1 unspecified atom stereocenters. The van der Waals surface area contributed by atoms with Gasteiger partial charge in [0, 0.05) is 18.8 Å². The Morgan fingerprint density at radius 1 is 0.926 bits per heavy atom. The summed E-state index contributed by atoms with van der Waals surface area (Å²) >= 11 is 0. The van der Waals surface area contributed by atoms with Crippen molar-refractivity contribution in [1.29, 1.82) is 0 Å². The molecule has 0 aliphatic carbocycles. The van der Waals surface area contributed by atoms with Crippen molar-refractivity contribution >= 4 is 17.5 Å². The van der Waals surface area contributed by atoms with E-state index in [1.807, 2.05) is 63.4 Å². The maximum atomic E-state index is 12.5. The van der Waals surface area contributed by atoms with Crippen molar-refractivity contribution in [3.8, 4) is 0 Å². The molecular formula is C22H30N3O2+. The van der Waals surface area contributed by atoms with Gasteiger partial charge in [-0.25, -0.2) is 0 Å². The number of nitrogens with zero attached hydrogens (tertiary/aromatic N) is 1.